The lowest BCUT2D eigenvalue weighted by atomic mass is 9.85. The molecule has 0 N–H and O–H groups in total. The van der Waals surface area contributed by atoms with Gasteiger partial charge in [-0.25, -0.2) is 9.67 Å². The van der Waals surface area contributed by atoms with Gasteiger partial charge in [-0.05, 0) is 31.9 Å². The molecule has 0 saturated carbocycles. The molecule has 0 radical (unpaired) electrons. The van der Waals surface area contributed by atoms with Crippen LogP contribution in [-0.2, 0) is 18.5 Å². The van der Waals surface area contributed by atoms with E-state index in [1.54, 1.807) is 17.0 Å². The Morgan fingerprint density at radius 1 is 1.28 bits per heavy atom. The van der Waals surface area contributed by atoms with Crippen molar-refractivity contribution in [1.29, 1.82) is 0 Å². The van der Waals surface area contributed by atoms with Crippen LogP contribution >= 0.6 is 11.3 Å². The van der Waals surface area contributed by atoms with Crippen LogP contribution in [0.15, 0.2) is 37.8 Å². The van der Waals surface area contributed by atoms with Crippen LogP contribution in [0.1, 0.15) is 39.9 Å². The van der Waals surface area contributed by atoms with Crippen LogP contribution in [0.3, 0.4) is 0 Å². The molecule has 2 aliphatic heterocycles. The minimum Gasteiger partial charge on any atom is -0.459 e. The summed E-state index contributed by atoms with van der Waals surface area (Å²) in [6, 6.07) is 3.33. The second-order valence-electron chi connectivity index (χ2n) is 7.59. The van der Waals surface area contributed by atoms with Gasteiger partial charge in [0.1, 0.15) is 5.82 Å². The van der Waals surface area contributed by atoms with Gasteiger partial charge >= 0.3 is 11.1 Å². The highest BCUT2D eigenvalue weighted by molar-refractivity contribution is 7.09. The molecule has 5 heterocycles. The maximum atomic E-state index is 12.7. The lowest BCUT2D eigenvalue weighted by molar-refractivity contribution is 0.0751. The molecule has 29 heavy (non-hydrogen) atoms. The average Bonchev–Trinajstić information content (AvgIpc) is 3.49. The number of carbonyl (C=O) groups is 1. The highest BCUT2D eigenvalue weighted by Crippen LogP contribution is 2.40. The minimum absolute atomic E-state index is 0.164. The van der Waals surface area contributed by atoms with Gasteiger partial charge in [-0.1, -0.05) is 0 Å². The van der Waals surface area contributed by atoms with E-state index >= 15 is 0 Å². The largest absolute Gasteiger partial charge is 0.459 e. The van der Waals surface area contributed by atoms with Crippen LogP contribution in [0.25, 0.3) is 0 Å². The zero-order valence-corrected chi connectivity index (χ0v) is 16.6. The fourth-order valence-corrected chi connectivity index (χ4v) is 4.91. The minimum atomic E-state index is -0.641. The Morgan fingerprint density at radius 3 is 2.83 bits per heavy atom. The number of thiazole rings is 1. The summed E-state index contributed by atoms with van der Waals surface area (Å²) in [5.74, 6) is 0.719. The summed E-state index contributed by atoms with van der Waals surface area (Å²) in [7, 11) is 0. The number of rotatable bonds is 3. The molecule has 1 saturated heterocycles. The van der Waals surface area contributed by atoms with Crippen molar-refractivity contribution < 1.29 is 9.21 Å². The number of hydrogen-bond donors (Lipinski definition) is 0. The topological polar surface area (TPSA) is 103 Å². The van der Waals surface area contributed by atoms with E-state index in [9.17, 15) is 14.4 Å². The van der Waals surface area contributed by atoms with Crippen molar-refractivity contribution in [3.05, 3.63) is 66.8 Å². The Hall–Kier alpha value is -3.01. The van der Waals surface area contributed by atoms with Crippen LogP contribution in [0.4, 0.5) is 0 Å². The van der Waals surface area contributed by atoms with E-state index in [2.05, 4.69) is 10.1 Å². The number of furan rings is 1. The SMILES string of the molecule is Cc1nc(Cn2nc3n(c(=O)c2=O)CC[C@@]32CCN(C(=O)c3ccco3)C2)cs1. The first kappa shape index (κ1) is 18.0. The average molecular weight is 413 g/mol. The molecule has 3 aromatic heterocycles. The number of aromatic nitrogens is 4. The summed E-state index contributed by atoms with van der Waals surface area (Å²) in [6.45, 7) is 3.50. The zero-order chi connectivity index (χ0) is 20.2. The Morgan fingerprint density at radius 2 is 2.10 bits per heavy atom. The number of fused-ring (bicyclic) bond motifs is 2. The predicted molar refractivity (Wildman–Crippen MR) is 104 cm³/mol. The van der Waals surface area contributed by atoms with Crippen LogP contribution in [0, 0.1) is 6.92 Å². The molecule has 1 fully saturated rings. The summed E-state index contributed by atoms with van der Waals surface area (Å²) in [5.41, 5.74) is -0.915. The first-order chi connectivity index (χ1) is 14.0. The number of aryl methyl sites for hydroxylation is 1. The first-order valence-electron chi connectivity index (χ1n) is 9.43. The number of likely N-dealkylation sites (tertiary alicyclic amines) is 1. The summed E-state index contributed by atoms with van der Waals surface area (Å²) in [5, 5.41) is 7.34. The normalized spacial score (nSPS) is 20.5. The Bertz CT molecular complexity index is 1210. The third-order valence-electron chi connectivity index (χ3n) is 5.77. The first-order valence-corrected chi connectivity index (χ1v) is 10.3. The third kappa shape index (κ3) is 2.86. The maximum absolute atomic E-state index is 12.7. The van der Waals surface area contributed by atoms with Crippen LogP contribution in [-0.4, -0.2) is 43.2 Å². The summed E-state index contributed by atoms with van der Waals surface area (Å²) in [4.78, 5) is 44.0. The molecule has 1 atom stereocenters. The maximum Gasteiger partial charge on any atom is 0.332 e. The van der Waals surface area contributed by atoms with Gasteiger partial charge in [0.25, 0.3) is 5.91 Å². The lowest BCUT2D eigenvalue weighted by Crippen LogP contribution is -2.45. The molecule has 1 spiro atoms. The zero-order valence-electron chi connectivity index (χ0n) is 15.8. The molecule has 2 aliphatic rings. The molecule has 0 unspecified atom stereocenters. The van der Waals surface area contributed by atoms with Crippen LogP contribution in [0.2, 0.25) is 0 Å². The van der Waals surface area contributed by atoms with Crippen molar-refractivity contribution in [3.8, 4) is 0 Å². The summed E-state index contributed by atoms with van der Waals surface area (Å²) < 4.78 is 7.93. The smallest absolute Gasteiger partial charge is 0.332 e. The third-order valence-corrected chi connectivity index (χ3v) is 6.60. The molecule has 9 nitrogen and oxygen atoms in total. The molecule has 150 valence electrons. The standard InChI is InChI=1S/C19H19N5O4S/c1-12-20-13(10-29-12)9-24-17(27)16(26)23-7-5-19(18(23)21-24)4-6-22(11-19)15(25)14-3-2-8-28-14/h2-3,8,10H,4-7,9,11H2,1H3/t19-/m1/s1. The van der Waals surface area contributed by atoms with E-state index in [-0.39, 0.29) is 12.5 Å². The Balaban J connectivity index is 1.50. The van der Waals surface area contributed by atoms with Gasteiger partial charge in [0, 0.05) is 25.0 Å². The number of hydrogen-bond acceptors (Lipinski definition) is 7. The molecule has 10 heteroatoms. The van der Waals surface area contributed by atoms with Crippen molar-refractivity contribution in [3.63, 3.8) is 0 Å². The molecule has 1 amide bonds. The van der Waals surface area contributed by atoms with Gasteiger partial charge in [-0.3, -0.25) is 19.0 Å². The fraction of sp³-hybridized carbons (Fsp3) is 0.421. The highest BCUT2D eigenvalue weighted by atomic mass is 32.1. The number of carbonyl (C=O) groups excluding carboxylic acids is 1. The quantitative estimate of drug-likeness (QED) is 0.594. The lowest BCUT2D eigenvalue weighted by Gasteiger charge is -2.23. The van der Waals surface area contributed by atoms with Crippen molar-refractivity contribution in [2.45, 2.75) is 38.3 Å². The van der Waals surface area contributed by atoms with Gasteiger partial charge in [0.15, 0.2) is 5.76 Å². The summed E-state index contributed by atoms with van der Waals surface area (Å²) in [6.07, 6.45) is 2.85. The van der Waals surface area contributed by atoms with Crippen molar-refractivity contribution in [1.82, 2.24) is 24.2 Å². The molecule has 3 aromatic rings. The second kappa shape index (κ2) is 6.51. The highest BCUT2D eigenvalue weighted by Gasteiger charge is 2.48. The predicted octanol–water partition coefficient (Wildman–Crippen LogP) is 0.999. The van der Waals surface area contributed by atoms with E-state index < -0.39 is 16.5 Å². The van der Waals surface area contributed by atoms with Gasteiger partial charge in [0.2, 0.25) is 0 Å². The van der Waals surface area contributed by atoms with Gasteiger partial charge in [-0.2, -0.15) is 5.10 Å². The molecule has 0 bridgehead atoms. The molecule has 0 aliphatic carbocycles. The van der Waals surface area contributed by atoms with E-state index in [1.807, 2.05) is 12.3 Å². The molecule has 0 aromatic carbocycles. The van der Waals surface area contributed by atoms with Gasteiger partial charge in [-0.15, -0.1) is 11.3 Å². The summed E-state index contributed by atoms with van der Waals surface area (Å²) >= 11 is 1.49. The van der Waals surface area contributed by atoms with Crippen molar-refractivity contribution >= 4 is 17.2 Å². The second-order valence-corrected chi connectivity index (χ2v) is 8.65. The fourth-order valence-electron chi connectivity index (χ4n) is 4.30. The Labute approximate surface area is 169 Å². The van der Waals surface area contributed by atoms with Gasteiger partial charge < -0.3 is 9.32 Å². The van der Waals surface area contributed by atoms with Gasteiger partial charge in [0.05, 0.1) is 28.9 Å². The number of amides is 1. The van der Waals surface area contributed by atoms with Crippen molar-refractivity contribution in [2.75, 3.05) is 13.1 Å². The van der Waals surface area contributed by atoms with E-state index in [0.717, 1.165) is 5.01 Å². The van der Waals surface area contributed by atoms with Crippen LogP contribution in [0.5, 0.6) is 0 Å². The van der Waals surface area contributed by atoms with Crippen LogP contribution < -0.4 is 11.1 Å². The molecule has 5 rings (SSSR count). The van der Waals surface area contributed by atoms with E-state index in [1.165, 1.54) is 26.8 Å². The monoisotopic (exact) mass is 413 g/mol. The van der Waals surface area contributed by atoms with E-state index in [0.29, 0.717) is 49.8 Å². The molecular weight excluding hydrogens is 394 g/mol. The number of nitrogens with zero attached hydrogens (tertiary/aromatic N) is 5. The van der Waals surface area contributed by atoms with E-state index in [4.69, 9.17) is 4.42 Å². The Kier molecular flexibility index (Phi) is 4.05. The van der Waals surface area contributed by atoms with Crippen molar-refractivity contribution in [2.24, 2.45) is 0 Å². The molecular formula is C19H19N5O4S.